The van der Waals surface area contributed by atoms with E-state index in [0.29, 0.717) is 6.54 Å². The number of allylic oxidation sites excluding steroid dienone is 3. The fraction of sp³-hybridized carbons (Fsp3) is 0.235. The third-order valence-corrected chi connectivity index (χ3v) is 3.08. The molecule has 98 valence electrons. The second kappa shape index (κ2) is 6.19. The minimum absolute atomic E-state index is 0.704. The Balaban J connectivity index is 2.29. The number of hydrogen-bond acceptors (Lipinski definition) is 2. The SMILES string of the molecule is C=C1/C=C\C=C(\C)CN=C(c2ccc(CC)cc2)N1. The smallest absolute Gasteiger partial charge is 0.133 e. The molecule has 0 aliphatic carbocycles. The predicted octanol–water partition coefficient (Wildman–Crippen LogP) is 3.62. The van der Waals surface area contributed by atoms with Gasteiger partial charge in [0.2, 0.25) is 0 Å². The lowest BCUT2D eigenvalue weighted by Gasteiger charge is -2.10. The Morgan fingerprint density at radius 2 is 2.00 bits per heavy atom. The van der Waals surface area contributed by atoms with Crippen molar-refractivity contribution < 1.29 is 0 Å². The Morgan fingerprint density at radius 1 is 1.26 bits per heavy atom. The Labute approximate surface area is 115 Å². The van der Waals surface area contributed by atoms with Crippen molar-refractivity contribution in [3.05, 3.63) is 71.5 Å². The molecule has 1 N–H and O–H groups in total. The zero-order valence-electron chi connectivity index (χ0n) is 11.6. The molecule has 0 unspecified atom stereocenters. The van der Waals surface area contributed by atoms with Gasteiger partial charge >= 0.3 is 0 Å². The lowest BCUT2D eigenvalue weighted by atomic mass is 10.1. The molecule has 0 fully saturated rings. The van der Waals surface area contributed by atoms with Crippen LogP contribution in [0.3, 0.4) is 0 Å². The van der Waals surface area contributed by atoms with Gasteiger partial charge in [-0.3, -0.25) is 4.99 Å². The molecule has 0 radical (unpaired) electrons. The molecule has 1 aliphatic rings. The van der Waals surface area contributed by atoms with E-state index in [9.17, 15) is 0 Å². The van der Waals surface area contributed by atoms with Crippen LogP contribution in [0, 0.1) is 0 Å². The fourth-order valence-corrected chi connectivity index (χ4v) is 1.88. The van der Waals surface area contributed by atoms with Crippen LogP contribution >= 0.6 is 0 Å². The molecule has 1 aromatic carbocycles. The highest BCUT2D eigenvalue weighted by atomic mass is 15.0. The molecule has 1 aromatic rings. The summed E-state index contributed by atoms with van der Waals surface area (Å²) >= 11 is 0. The van der Waals surface area contributed by atoms with Crippen LogP contribution in [-0.2, 0) is 6.42 Å². The van der Waals surface area contributed by atoms with E-state index in [2.05, 4.69) is 61.1 Å². The normalized spacial score (nSPS) is 20.2. The number of benzene rings is 1. The molecule has 0 bridgehead atoms. The molecular weight excluding hydrogens is 232 g/mol. The van der Waals surface area contributed by atoms with Crippen LogP contribution in [0.4, 0.5) is 0 Å². The predicted molar refractivity (Wildman–Crippen MR) is 82.4 cm³/mol. The van der Waals surface area contributed by atoms with Crippen molar-refractivity contribution in [2.45, 2.75) is 20.3 Å². The summed E-state index contributed by atoms with van der Waals surface area (Å²) in [6.07, 6.45) is 7.09. The van der Waals surface area contributed by atoms with Crippen LogP contribution < -0.4 is 5.32 Å². The second-order valence-corrected chi connectivity index (χ2v) is 4.74. The largest absolute Gasteiger partial charge is 0.341 e. The van der Waals surface area contributed by atoms with Gasteiger partial charge in [-0.25, -0.2) is 0 Å². The summed E-state index contributed by atoms with van der Waals surface area (Å²) in [6, 6.07) is 8.51. The number of aliphatic imine (C=N–C) groups is 1. The summed E-state index contributed by atoms with van der Waals surface area (Å²) in [5.41, 5.74) is 4.52. The summed E-state index contributed by atoms with van der Waals surface area (Å²) in [6.45, 7) is 8.93. The molecule has 2 nitrogen and oxygen atoms in total. The van der Waals surface area contributed by atoms with Gasteiger partial charge in [0.15, 0.2) is 0 Å². The van der Waals surface area contributed by atoms with Gasteiger partial charge < -0.3 is 5.32 Å². The van der Waals surface area contributed by atoms with E-state index in [1.54, 1.807) is 0 Å². The minimum Gasteiger partial charge on any atom is -0.341 e. The number of hydrogen-bond donors (Lipinski definition) is 1. The van der Waals surface area contributed by atoms with E-state index in [1.807, 2.05) is 12.2 Å². The highest BCUT2D eigenvalue weighted by Gasteiger charge is 2.05. The van der Waals surface area contributed by atoms with Gasteiger partial charge in [0.25, 0.3) is 0 Å². The van der Waals surface area contributed by atoms with Crippen LogP contribution in [0.1, 0.15) is 25.0 Å². The molecular formula is C17H20N2. The molecule has 0 spiro atoms. The van der Waals surface area contributed by atoms with Crippen LogP contribution in [0.25, 0.3) is 0 Å². The number of rotatable bonds is 2. The van der Waals surface area contributed by atoms with Crippen LogP contribution in [0.2, 0.25) is 0 Å². The molecule has 0 aromatic heterocycles. The topological polar surface area (TPSA) is 24.4 Å². The van der Waals surface area contributed by atoms with E-state index < -0.39 is 0 Å². The van der Waals surface area contributed by atoms with E-state index in [4.69, 9.17) is 0 Å². The third kappa shape index (κ3) is 3.68. The maximum atomic E-state index is 4.64. The van der Waals surface area contributed by atoms with Crippen LogP contribution in [0.15, 0.2) is 65.3 Å². The second-order valence-electron chi connectivity index (χ2n) is 4.74. The summed E-state index contributed by atoms with van der Waals surface area (Å²) < 4.78 is 0. The van der Waals surface area contributed by atoms with Crippen molar-refractivity contribution in [2.75, 3.05) is 6.54 Å². The molecule has 0 atom stereocenters. The summed E-state index contributed by atoms with van der Waals surface area (Å²) in [5, 5.41) is 3.27. The molecule has 2 heteroatoms. The average molecular weight is 252 g/mol. The number of nitrogens with one attached hydrogen (secondary N) is 1. The quantitative estimate of drug-likeness (QED) is 0.854. The summed E-state index contributed by atoms with van der Waals surface area (Å²) in [7, 11) is 0. The average Bonchev–Trinajstić information content (AvgIpc) is 2.50. The first-order chi connectivity index (χ1) is 9.19. The van der Waals surface area contributed by atoms with Crippen molar-refractivity contribution >= 4 is 5.84 Å². The monoisotopic (exact) mass is 252 g/mol. The third-order valence-electron chi connectivity index (χ3n) is 3.08. The lowest BCUT2D eigenvalue weighted by Crippen LogP contribution is -2.23. The van der Waals surface area contributed by atoms with Gasteiger partial charge in [0.1, 0.15) is 5.84 Å². The van der Waals surface area contributed by atoms with E-state index in [0.717, 1.165) is 23.5 Å². The zero-order valence-corrected chi connectivity index (χ0v) is 11.6. The zero-order chi connectivity index (χ0) is 13.7. The van der Waals surface area contributed by atoms with Gasteiger partial charge in [-0.2, -0.15) is 0 Å². The van der Waals surface area contributed by atoms with Gasteiger partial charge in [-0.15, -0.1) is 0 Å². The highest BCUT2D eigenvalue weighted by Crippen LogP contribution is 2.08. The summed E-state index contributed by atoms with van der Waals surface area (Å²) in [5.74, 6) is 0.881. The lowest BCUT2D eigenvalue weighted by molar-refractivity contribution is 1.09. The minimum atomic E-state index is 0.704. The van der Waals surface area contributed by atoms with Crippen molar-refractivity contribution in [1.29, 1.82) is 0 Å². The van der Waals surface area contributed by atoms with Crippen molar-refractivity contribution in [2.24, 2.45) is 4.99 Å². The van der Waals surface area contributed by atoms with Gasteiger partial charge in [-0.1, -0.05) is 55.5 Å². The Bertz CT molecular complexity index is 545. The highest BCUT2D eigenvalue weighted by molar-refractivity contribution is 6.00. The van der Waals surface area contributed by atoms with Gasteiger partial charge in [0, 0.05) is 11.3 Å². The Kier molecular flexibility index (Phi) is 4.35. The maximum absolute atomic E-state index is 4.64. The standard InChI is InChI=1S/C17H20N2/c1-4-15-8-10-16(11-9-15)17-18-12-13(2)6-5-7-14(3)19-17/h5-11H,3-4,12H2,1-2H3,(H,18,19)/b7-5-,13-6-. The van der Waals surface area contributed by atoms with Crippen molar-refractivity contribution in [3.8, 4) is 0 Å². The fourth-order valence-electron chi connectivity index (χ4n) is 1.88. The molecule has 1 heterocycles. The van der Waals surface area contributed by atoms with Crippen LogP contribution in [-0.4, -0.2) is 12.4 Å². The van der Waals surface area contributed by atoms with Crippen molar-refractivity contribution in [3.63, 3.8) is 0 Å². The van der Waals surface area contributed by atoms with Gasteiger partial charge in [0.05, 0.1) is 6.54 Å². The molecule has 19 heavy (non-hydrogen) atoms. The molecule has 0 saturated heterocycles. The first-order valence-electron chi connectivity index (χ1n) is 6.62. The van der Waals surface area contributed by atoms with E-state index >= 15 is 0 Å². The number of aryl methyl sites for hydroxylation is 1. The molecule has 0 saturated carbocycles. The van der Waals surface area contributed by atoms with E-state index in [1.165, 1.54) is 11.1 Å². The van der Waals surface area contributed by atoms with Crippen molar-refractivity contribution in [1.82, 2.24) is 5.32 Å². The summed E-state index contributed by atoms with van der Waals surface area (Å²) in [4.78, 5) is 4.64. The Hall–Kier alpha value is -2.09. The van der Waals surface area contributed by atoms with Crippen LogP contribution in [0.5, 0.6) is 0 Å². The number of nitrogens with zero attached hydrogens (tertiary/aromatic N) is 1. The van der Waals surface area contributed by atoms with E-state index in [-0.39, 0.29) is 0 Å². The number of amidine groups is 1. The molecule has 0 amide bonds. The Morgan fingerprint density at radius 3 is 2.68 bits per heavy atom. The maximum Gasteiger partial charge on any atom is 0.133 e. The first kappa shape index (κ1) is 13.3. The molecule has 1 aliphatic heterocycles. The first-order valence-corrected chi connectivity index (χ1v) is 6.62. The molecule has 2 rings (SSSR count). The van der Waals surface area contributed by atoms with Gasteiger partial charge in [-0.05, 0) is 25.0 Å².